The summed E-state index contributed by atoms with van der Waals surface area (Å²) in [6.07, 6.45) is 0.488. The molecule has 17 heavy (non-hydrogen) atoms. The molecule has 0 aliphatic heterocycles. The molecular formula is C13H12FNO2. The Morgan fingerprint density at radius 2 is 2.12 bits per heavy atom. The summed E-state index contributed by atoms with van der Waals surface area (Å²) in [6.45, 7) is 0. The van der Waals surface area contributed by atoms with Gasteiger partial charge in [-0.25, -0.2) is 4.39 Å². The van der Waals surface area contributed by atoms with Gasteiger partial charge >= 0.3 is 0 Å². The summed E-state index contributed by atoms with van der Waals surface area (Å²) < 4.78 is 18.6. The van der Waals surface area contributed by atoms with Crippen molar-refractivity contribution in [1.82, 2.24) is 4.98 Å². The zero-order valence-electron chi connectivity index (χ0n) is 9.30. The normalized spacial score (nSPS) is 12.2. The van der Waals surface area contributed by atoms with E-state index in [2.05, 4.69) is 4.98 Å². The summed E-state index contributed by atoms with van der Waals surface area (Å²) in [5.74, 6) is -0.0954. The Labute approximate surface area is 98.5 Å². The Kier molecular flexibility index (Phi) is 3.35. The van der Waals surface area contributed by atoms with Crippen molar-refractivity contribution < 1.29 is 14.2 Å². The molecule has 1 heterocycles. The van der Waals surface area contributed by atoms with Crippen LogP contribution in [0.4, 0.5) is 4.39 Å². The Balaban J connectivity index is 2.34. The molecule has 0 fully saturated rings. The molecule has 0 amide bonds. The van der Waals surface area contributed by atoms with Crippen LogP contribution in [0.15, 0.2) is 42.6 Å². The van der Waals surface area contributed by atoms with Crippen molar-refractivity contribution in [2.45, 2.75) is 6.10 Å². The summed E-state index contributed by atoms with van der Waals surface area (Å²) >= 11 is 0. The van der Waals surface area contributed by atoms with Crippen molar-refractivity contribution in [2.24, 2.45) is 0 Å². The fourth-order valence-corrected chi connectivity index (χ4v) is 1.55. The van der Waals surface area contributed by atoms with E-state index in [1.165, 1.54) is 19.2 Å². The monoisotopic (exact) mass is 233 g/mol. The zero-order valence-corrected chi connectivity index (χ0v) is 9.30. The van der Waals surface area contributed by atoms with Gasteiger partial charge in [-0.2, -0.15) is 0 Å². The van der Waals surface area contributed by atoms with E-state index in [1.54, 1.807) is 30.5 Å². The smallest absolute Gasteiger partial charge is 0.133 e. The minimum absolute atomic E-state index is 0.185. The highest BCUT2D eigenvalue weighted by Crippen LogP contribution is 2.25. The summed E-state index contributed by atoms with van der Waals surface area (Å²) in [6, 6.07) is 9.46. The molecule has 88 valence electrons. The number of rotatable bonds is 3. The molecule has 0 aliphatic rings. The molecule has 1 unspecified atom stereocenters. The molecule has 4 heteroatoms. The molecule has 0 saturated heterocycles. The van der Waals surface area contributed by atoms with Crippen LogP contribution in [-0.4, -0.2) is 17.2 Å². The van der Waals surface area contributed by atoms with Gasteiger partial charge in [-0.3, -0.25) is 4.98 Å². The molecule has 0 radical (unpaired) electrons. The lowest BCUT2D eigenvalue weighted by Crippen LogP contribution is -2.04. The molecule has 2 aromatic rings. The maximum Gasteiger partial charge on any atom is 0.133 e. The van der Waals surface area contributed by atoms with Crippen LogP contribution in [0.1, 0.15) is 17.4 Å². The van der Waals surface area contributed by atoms with E-state index in [9.17, 15) is 9.50 Å². The molecular weight excluding hydrogens is 221 g/mol. The first-order valence-electron chi connectivity index (χ1n) is 5.15. The van der Waals surface area contributed by atoms with Gasteiger partial charge in [0.1, 0.15) is 17.7 Å². The number of aliphatic hydroxyl groups excluding tert-OH is 1. The summed E-state index contributed by atoms with van der Waals surface area (Å²) in [7, 11) is 1.46. The lowest BCUT2D eigenvalue weighted by atomic mass is 10.1. The number of hydrogen-bond acceptors (Lipinski definition) is 3. The number of methoxy groups -OCH3 is 1. The third kappa shape index (κ3) is 2.42. The average molecular weight is 233 g/mol. The molecule has 0 saturated carbocycles. The number of pyridine rings is 1. The predicted molar refractivity (Wildman–Crippen MR) is 61.3 cm³/mol. The zero-order chi connectivity index (χ0) is 12.3. The van der Waals surface area contributed by atoms with Crippen molar-refractivity contribution in [3.63, 3.8) is 0 Å². The Bertz CT molecular complexity index is 502. The molecule has 3 nitrogen and oxygen atoms in total. The molecule has 0 aliphatic carbocycles. The second-order valence-corrected chi connectivity index (χ2v) is 3.54. The summed E-state index contributed by atoms with van der Waals surface area (Å²) in [4.78, 5) is 3.99. The molecule has 2 rings (SSSR count). The van der Waals surface area contributed by atoms with Gasteiger partial charge in [0.05, 0.1) is 12.8 Å². The highest BCUT2D eigenvalue weighted by atomic mass is 19.1. The van der Waals surface area contributed by atoms with Crippen molar-refractivity contribution >= 4 is 0 Å². The van der Waals surface area contributed by atoms with Crippen LogP contribution in [0.3, 0.4) is 0 Å². The highest BCUT2D eigenvalue weighted by Gasteiger charge is 2.16. The van der Waals surface area contributed by atoms with Crippen molar-refractivity contribution in [2.75, 3.05) is 7.11 Å². The van der Waals surface area contributed by atoms with E-state index in [0.29, 0.717) is 11.4 Å². The third-order valence-electron chi connectivity index (χ3n) is 2.47. The maximum atomic E-state index is 13.7. The molecule has 1 N–H and O–H groups in total. The van der Waals surface area contributed by atoms with Crippen LogP contribution in [0, 0.1) is 5.82 Å². The van der Waals surface area contributed by atoms with Gasteiger partial charge in [0.15, 0.2) is 0 Å². The lowest BCUT2D eigenvalue weighted by Gasteiger charge is -2.12. The van der Waals surface area contributed by atoms with Crippen molar-refractivity contribution in [3.05, 3.63) is 59.7 Å². The molecule has 1 aromatic carbocycles. The third-order valence-corrected chi connectivity index (χ3v) is 2.47. The van der Waals surface area contributed by atoms with Crippen LogP contribution in [-0.2, 0) is 0 Å². The van der Waals surface area contributed by atoms with E-state index in [1.807, 2.05) is 0 Å². The lowest BCUT2D eigenvalue weighted by molar-refractivity contribution is 0.210. The van der Waals surface area contributed by atoms with E-state index in [-0.39, 0.29) is 5.56 Å². The molecule has 0 bridgehead atoms. The van der Waals surface area contributed by atoms with E-state index in [4.69, 9.17) is 4.74 Å². The number of aromatic nitrogens is 1. The number of halogens is 1. The van der Waals surface area contributed by atoms with Gasteiger partial charge in [-0.1, -0.05) is 6.07 Å². The van der Waals surface area contributed by atoms with E-state index >= 15 is 0 Å². The maximum absolute atomic E-state index is 13.7. The van der Waals surface area contributed by atoms with E-state index < -0.39 is 11.9 Å². The van der Waals surface area contributed by atoms with Crippen LogP contribution in [0.5, 0.6) is 5.75 Å². The minimum atomic E-state index is -1.07. The Hall–Kier alpha value is -1.94. The number of aliphatic hydroxyl groups is 1. The Morgan fingerprint density at radius 3 is 2.71 bits per heavy atom. The SMILES string of the molecule is COc1ccc(C(O)c2ccccn2)c(F)c1. The van der Waals surface area contributed by atoms with Crippen LogP contribution in [0.25, 0.3) is 0 Å². The number of hydrogen-bond donors (Lipinski definition) is 1. The largest absolute Gasteiger partial charge is 0.497 e. The molecule has 1 aromatic heterocycles. The van der Waals surface area contributed by atoms with Crippen molar-refractivity contribution in [1.29, 1.82) is 0 Å². The fraction of sp³-hybridized carbons (Fsp3) is 0.154. The second kappa shape index (κ2) is 4.93. The first kappa shape index (κ1) is 11.5. The molecule has 1 atom stereocenters. The minimum Gasteiger partial charge on any atom is -0.497 e. The quantitative estimate of drug-likeness (QED) is 0.884. The molecule has 0 spiro atoms. The van der Waals surface area contributed by atoms with Gasteiger partial charge < -0.3 is 9.84 Å². The number of nitrogens with zero attached hydrogens (tertiary/aromatic N) is 1. The van der Waals surface area contributed by atoms with Crippen LogP contribution >= 0.6 is 0 Å². The topological polar surface area (TPSA) is 42.4 Å². The van der Waals surface area contributed by atoms with Gasteiger partial charge in [0, 0.05) is 17.8 Å². The first-order chi connectivity index (χ1) is 8.22. The fourth-order valence-electron chi connectivity index (χ4n) is 1.55. The number of benzene rings is 1. The highest BCUT2D eigenvalue weighted by molar-refractivity contribution is 5.33. The van der Waals surface area contributed by atoms with Crippen molar-refractivity contribution in [3.8, 4) is 5.75 Å². The Morgan fingerprint density at radius 1 is 1.29 bits per heavy atom. The predicted octanol–water partition coefficient (Wildman–Crippen LogP) is 2.31. The standard InChI is InChI=1S/C13H12FNO2/c1-17-9-5-6-10(11(14)8-9)13(16)12-4-2-3-7-15-12/h2-8,13,16H,1H3. The number of ether oxygens (including phenoxy) is 1. The average Bonchev–Trinajstić information content (AvgIpc) is 2.39. The van der Waals surface area contributed by atoms with Crippen LogP contribution in [0.2, 0.25) is 0 Å². The van der Waals surface area contributed by atoms with E-state index in [0.717, 1.165) is 0 Å². The van der Waals surface area contributed by atoms with Gasteiger partial charge in [0.25, 0.3) is 0 Å². The van der Waals surface area contributed by atoms with Gasteiger partial charge in [-0.05, 0) is 24.3 Å². The van der Waals surface area contributed by atoms with Gasteiger partial charge in [-0.15, -0.1) is 0 Å². The first-order valence-corrected chi connectivity index (χ1v) is 5.15. The van der Waals surface area contributed by atoms with Crippen LogP contribution < -0.4 is 4.74 Å². The second-order valence-electron chi connectivity index (χ2n) is 3.54. The summed E-state index contributed by atoms with van der Waals surface area (Å²) in [5.41, 5.74) is 0.598. The van der Waals surface area contributed by atoms with Gasteiger partial charge in [0.2, 0.25) is 0 Å². The summed E-state index contributed by atoms with van der Waals surface area (Å²) in [5, 5.41) is 9.99.